The highest BCUT2D eigenvalue weighted by Gasteiger charge is 2.30. The van der Waals surface area contributed by atoms with E-state index in [0.717, 1.165) is 47.1 Å². The average molecular weight is 437 g/mol. The fourth-order valence-electron chi connectivity index (χ4n) is 3.83. The van der Waals surface area contributed by atoms with Crippen molar-refractivity contribution in [2.75, 3.05) is 26.2 Å². The van der Waals surface area contributed by atoms with Gasteiger partial charge in [0.2, 0.25) is 0 Å². The summed E-state index contributed by atoms with van der Waals surface area (Å²) in [5.74, 6) is 0.869. The third-order valence-electron chi connectivity index (χ3n) is 5.90. The van der Waals surface area contributed by atoms with Gasteiger partial charge in [-0.1, -0.05) is 79.5 Å². The molecule has 31 heavy (non-hydrogen) atoms. The van der Waals surface area contributed by atoms with Crippen LogP contribution in [-0.4, -0.2) is 31.1 Å². The maximum atomic E-state index is 7.11. The molecule has 0 spiro atoms. The summed E-state index contributed by atoms with van der Waals surface area (Å²) in [6.45, 7) is 10.1. The van der Waals surface area contributed by atoms with E-state index < -0.39 is 5.54 Å². The van der Waals surface area contributed by atoms with E-state index >= 15 is 0 Å². The summed E-state index contributed by atoms with van der Waals surface area (Å²) in [5.41, 5.74) is 11.0. The molecule has 3 rings (SSSR count). The van der Waals surface area contributed by atoms with Gasteiger partial charge in [-0.15, -0.1) is 0 Å². The molecule has 3 nitrogen and oxygen atoms in total. The van der Waals surface area contributed by atoms with Crippen molar-refractivity contribution >= 4 is 11.6 Å². The van der Waals surface area contributed by atoms with Gasteiger partial charge in [-0.3, -0.25) is 0 Å². The molecule has 0 aliphatic rings. The first-order valence-corrected chi connectivity index (χ1v) is 11.4. The number of nitrogens with zero attached hydrogens (tertiary/aromatic N) is 1. The van der Waals surface area contributed by atoms with Crippen molar-refractivity contribution in [2.24, 2.45) is 5.73 Å². The molecule has 3 aromatic carbocycles. The number of rotatable bonds is 10. The Kier molecular flexibility index (Phi) is 8.14. The van der Waals surface area contributed by atoms with Gasteiger partial charge in [-0.25, -0.2) is 0 Å². The Morgan fingerprint density at radius 2 is 1.39 bits per heavy atom. The van der Waals surface area contributed by atoms with Crippen molar-refractivity contribution in [1.29, 1.82) is 0 Å². The lowest BCUT2D eigenvalue weighted by Crippen LogP contribution is -2.40. The van der Waals surface area contributed by atoms with Gasteiger partial charge in [0.15, 0.2) is 0 Å². The van der Waals surface area contributed by atoms with E-state index in [2.05, 4.69) is 62.1 Å². The van der Waals surface area contributed by atoms with Gasteiger partial charge in [0.05, 0.1) is 5.54 Å². The minimum absolute atomic E-state index is 0.652. The van der Waals surface area contributed by atoms with Crippen LogP contribution in [0.25, 0.3) is 0 Å². The van der Waals surface area contributed by atoms with Gasteiger partial charge in [-0.2, -0.15) is 0 Å². The maximum absolute atomic E-state index is 7.11. The molecule has 4 heteroatoms. The Balaban J connectivity index is 1.83. The van der Waals surface area contributed by atoms with Crippen molar-refractivity contribution in [3.63, 3.8) is 0 Å². The highest BCUT2D eigenvalue weighted by atomic mass is 35.5. The monoisotopic (exact) mass is 436 g/mol. The molecule has 0 aliphatic carbocycles. The maximum Gasteiger partial charge on any atom is 0.119 e. The van der Waals surface area contributed by atoms with Crippen LogP contribution in [0.1, 0.15) is 36.1 Å². The summed E-state index contributed by atoms with van der Waals surface area (Å²) < 4.78 is 5.96. The number of likely N-dealkylation sites (N-methyl/N-ethyl adjacent to an activating group) is 1. The second-order valence-corrected chi connectivity index (χ2v) is 8.48. The van der Waals surface area contributed by atoms with Crippen LogP contribution < -0.4 is 10.5 Å². The molecule has 0 heterocycles. The molecule has 0 fully saturated rings. The number of hydrogen-bond acceptors (Lipinski definition) is 3. The quantitative estimate of drug-likeness (QED) is 0.435. The Hall–Kier alpha value is -2.33. The summed E-state index contributed by atoms with van der Waals surface area (Å²) in [4.78, 5) is 2.35. The molecule has 0 saturated heterocycles. The van der Waals surface area contributed by atoms with Crippen LogP contribution in [0.3, 0.4) is 0 Å². The van der Waals surface area contributed by atoms with E-state index in [0.29, 0.717) is 13.0 Å². The summed E-state index contributed by atoms with van der Waals surface area (Å²) >= 11 is 6.08. The van der Waals surface area contributed by atoms with Gasteiger partial charge in [-0.05, 0) is 67.4 Å². The third-order valence-corrected chi connectivity index (χ3v) is 6.16. The van der Waals surface area contributed by atoms with E-state index in [1.807, 2.05) is 36.4 Å². The van der Waals surface area contributed by atoms with E-state index in [1.165, 1.54) is 5.56 Å². The number of halogens is 1. The van der Waals surface area contributed by atoms with Crippen LogP contribution in [0.4, 0.5) is 0 Å². The zero-order valence-electron chi connectivity index (χ0n) is 18.8. The summed E-state index contributed by atoms with van der Waals surface area (Å²) in [6.07, 6.45) is 0.676. The topological polar surface area (TPSA) is 38.5 Å². The number of hydrogen-bond donors (Lipinski definition) is 1. The van der Waals surface area contributed by atoms with E-state index in [9.17, 15) is 0 Å². The van der Waals surface area contributed by atoms with Crippen LogP contribution in [0.5, 0.6) is 5.75 Å². The lowest BCUT2D eigenvalue weighted by molar-refractivity contribution is 0.222. The molecule has 0 radical (unpaired) electrons. The number of aryl methyl sites for hydroxylation is 1. The normalized spacial score (nSPS) is 13.2. The molecular weight excluding hydrogens is 404 g/mol. The molecule has 3 aromatic rings. The molecule has 0 aliphatic heterocycles. The molecule has 2 N–H and O–H groups in total. The van der Waals surface area contributed by atoms with Crippen molar-refractivity contribution in [2.45, 2.75) is 32.7 Å². The fourth-order valence-corrected chi connectivity index (χ4v) is 3.95. The molecular formula is C27H33ClN2O. The minimum Gasteiger partial charge on any atom is -0.492 e. The van der Waals surface area contributed by atoms with Gasteiger partial charge < -0.3 is 15.4 Å². The Labute approximate surface area is 191 Å². The van der Waals surface area contributed by atoms with Crippen LogP contribution >= 0.6 is 11.6 Å². The third kappa shape index (κ3) is 6.10. The van der Waals surface area contributed by atoms with Gasteiger partial charge in [0.1, 0.15) is 12.4 Å². The number of benzene rings is 3. The lowest BCUT2D eigenvalue weighted by Gasteiger charge is -2.31. The average Bonchev–Trinajstić information content (AvgIpc) is 2.79. The number of ether oxygens (including phenoxy) is 1. The molecule has 0 bridgehead atoms. The first kappa shape index (κ1) is 23.3. The zero-order valence-corrected chi connectivity index (χ0v) is 19.5. The minimum atomic E-state index is -0.652. The van der Waals surface area contributed by atoms with Gasteiger partial charge in [0, 0.05) is 11.6 Å². The van der Waals surface area contributed by atoms with E-state index in [1.54, 1.807) is 0 Å². The molecule has 0 saturated carbocycles. The second-order valence-electron chi connectivity index (χ2n) is 8.04. The smallest absolute Gasteiger partial charge is 0.119 e. The van der Waals surface area contributed by atoms with Crippen LogP contribution in [0.15, 0.2) is 72.8 Å². The highest BCUT2D eigenvalue weighted by molar-refractivity contribution is 6.30. The van der Waals surface area contributed by atoms with E-state index in [4.69, 9.17) is 22.1 Å². The van der Waals surface area contributed by atoms with Crippen LogP contribution in [-0.2, 0) is 12.0 Å². The summed E-state index contributed by atoms with van der Waals surface area (Å²) in [5, 5.41) is 0.730. The molecule has 164 valence electrons. The van der Waals surface area contributed by atoms with Crippen molar-refractivity contribution in [3.8, 4) is 5.75 Å². The van der Waals surface area contributed by atoms with E-state index in [-0.39, 0.29) is 0 Å². The fraction of sp³-hybridized carbons (Fsp3) is 0.333. The first-order chi connectivity index (χ1) is 14.9. The summed E-state index contributed by atoms with van der Waals surface area (Å²) in [6, 6.07) is 24.6. The second kappa shape index (κ2) is 10.8. The molecule has 1 unspecified atom stereocenters. The van der Waals surface area contributed by atoms with Gasteiger partial charge in [0.25, 0.3) is 0 Å². The van der Waals surface area contributed by atoms with Crippen LogP contribution in [0, 0.1) is 6.92 Å². The zero-order chi connectivity index (χ0) is 22.3. The summed E-state index contributed by atoms with van der Waals surface area (Å²) in [7, 11) is 0. The highest BCUT2D eigenvalue weighted by Crippen LogP contribution is 2.32. The Morgan fingerprint density at radius 3 is 1.94 bits per heavy atom. The largest absolute Gasteiger partial charge is 0.492 e. The molecule has 0 amide bonds. The standard InChI is InChI=1S/C27H33ClN2O/c1-4-30(5-2)18-19-31-26-16-12-24(13-17-26)27(29,23-10-6-21(3)7-11-23)20-22-8-14-25(28)15-9-22/h6-17H,4-5,18-20,29H2,1-3H3. The Morgan fingerprint density at radius 1 is 0.839 bits per heavy atom. The number of nitrogens with two attached hydrogens (primary N) is 1. The lowest BCUT2D eigenvalue weighted by atomic mass is 9.78. The molecule has 1 atom stereocenters. The SMILES string of the molecule is CCN(CC)CCOc1ccc(C(N)(Cc2ccc(Cl)cc2)c2ccc(C)cc2)cc1. The van der Waals surface area contributed by atoms with Gasteiger partial charge >= 0.3 is 0 Å². The predicted octanol–water partition coefficient (Wildman–Crippen LogP) is 5.81. The predicted molar refractivity (Wildman–Crippen MR) is 131 cm³/mol. The van der Waals surface area contributed by atoms with Crippen molar-refractivity contribution in [3.05, 3.63) is 100 Å². The van der Waals surface area contributed by atoms with Crippen molar-refractivity contribution in [1.82, 2.24) is 4.90 Å². The van der Waals surface area contributed by atoms with Crippen molar-refractivity contribution < 1.29 is 4.74 Å². The first-order valence-electron chi connectivity index (χ1n) is 11.0. The Bertz CT molecular complexity index is 934. The van der Waals surface area contributed by atoms with Crippen LogP contribution in [0.2, 0.25) is 5.02 Å². The molecule has 0 aromatic heterocycles.